The van der Waals surface area contributed by atoms with Crippen molar-refractivity contribution >= 4 is 9.84 Å². The van der Waals surface area contributed by atoms with Gasteiger partial charge in [0.05, 0.1) is 22.5 Å². The number of rotatable bonds is 6. The van der Waals surface area contributed by atoms with Crippen LogP contribution in [0.1, 0.15) is 46.0 Å². The molecule has 5 heteroatoms. The highest BCUT2D eigenvalue weighted by molar-refractivity contribution is 7.92. The molecule has 0 saturated carbocycles. The molecule has 1 heterocycles. The lowest BCUT2D eigenvalue weighted by Crippen LogP contribution is -2.30. The molecule has 0 bridgehead atoms. The van der Waals surface area contributed by atoms with E-state index in [0.29, 0.717) is 32.5 Å². The Bertz CT molecular complexity index is 389. The molecule has 1 aliphatic rings. The molecule has 0 N–H and O–H groups in total. The Kier molecular flexibility index (Phi) is 5.61. The molecule has 0 amide bonds. The highest BCUT2D eigenvalue weighted by atomic mass is 32.2. The van der Waals surface area contributed by atoms with Gasteiger partial charge in [-0.05, 0) is 39.5 Å². The van der Waals surface area contributed by atoms with Crippen LogP contribution in [0.4, 0.5) is 0 Å². The van der Waals surface area contributed by atoms with Crippen molar-refractivity contribution in [2.75, 3.05) is 19.0 Å². The highest BCUT2D eigenvalue weighted by Gasteiger charge is 2.27. The summed E-state index contributed by atoms with van der Waals surface area (Å²) in [7, 11) is -2.97. The molecule has 1 rings (SSSR count). The Balaban J connectivity index is 2.32. The predicted molar refractivity (Wildman–Crippen MR) is 70.9 cm³/mol. The molecule has 1 fully saturated rings. The van der Waals surface area contributed by atoms with Crippen LogP contribution in [0.5, 0.6) is 0 Å². The van der Waals surface area contributed by atoms with E-state index in [9.17, 15) is 8.42 Å². The number of hydrogen-bond donors (Lipinski definition) is 0. The predicted octanol–water partition coefficient (Wildman–Crippen LogP) is 2.30. The smallest absolute Gasteiger partial charge is 0.153 e. The molecule has 0 radical (unpaired) electrons. The van der Waals surface area contributed by atoms with Crippen LogP contribution < -0.4 is 0 Å². The summed E-state index contributed by atoms with van der Waals surface area (Å²) in [5.74, 6) is 0.249. The monoisotopic (exact) mass is 273 g/mol. The lowest BCUT2D eigenvalue weighted by atomic mass is 9.89. The third-order valence-corrected chi connectivity index (χ3v) is 5.80. The van der Waals surface area contributed by atoms with Gasteiger partial charge in [0, 0.05) is 13.2 Å². The van der Waals surface area contributed by atoms with Crippen LogP contribution >= 0.6 is 0 Å². The molecule has 1 aliphatic heterocycles. The lowest BCUT2D eigenvalue weighted by molar-refractivity contribution is 0.0983. The fourth-order valence-corrected chi connectivity index (χ4v) is 3.98. The zero-order chi connectivity index (χ0) is 13.6. The second-order valence-corrected chi connectivity index (χ2v) is 8.03. The van der Waals surface area contributed by atoms with Gasteiger partial charge in [-0.15, -0.1) is 0 Å². The van der Waals surface area contributed by atoms with Gasteiger partial charge in [-0.3, -0.25) is 0 Å². The van der Waals surface area contributed by atoms with E-state index in [2.05, 4.69) is 6.07 Å². The van der Waals surface area contributed by atoms with Gasteiger partial charge in [0.15, 0.2) is 9.84 Å². The van der Waals surface area contributed by atoms with E-state index in [-0.39, 0.29) is 16.4 Å². The highest BCUT2D eigenvalue weighted by Crippen LogP contribution is 2.23. The van der Waals surface area contributed by atoms with Gasteiger partial charge in [0.25, 0.3) is 0 Å². The minimum absolute atomic E-state index is 0.213. The summed E-state index contributed by atoms with van der Waals surface area (Å²) in [5.41, 5.74) is -0.345. The first kappa shape index (κ1) is 15.5. The van der Waals surface area contributed by atoms with E-state index in [4.69, 9.17) is 10.00 Å². The van der Waals surface area contributed by atoms with Crippen molar-refractivity contribution in [3.05, 3.63) is 0 Å². The van der Waals surface area contributed by atoms with Crippen molar-refractivity contribution < 1.29 is 13.2 Å². The van der Waals surface area contributed by atoms with Crippen LogP contribution in [0, 0.1) is 16.7 Å². The first-order valence-corrected chi connectivity index (χ1v) is 8.29. The molecule has 0 aromatic carbocycles. The lowest BCUT2D eigenvalue weighted by Gasteiger charge is -2.22. The van der Waals surface area contributed by atoms with Gasteiger partial charge in [0.1, 0.15) is 0 Å². The van der Waals surface area contributed by atoms with Crippen LogP contribution in [0.2, 0.25) is 0 Å². The minimum Gasteiger partial charge on any atom is -0.381 e. The molecular formula is C13H23NO3S. The fraction of sp³-hybridized carbons (Fsp3) is 0.923. The summed E-state index contributed by atoms with van der Waals surface area (Å²) in [5, 5.41) is 8.66. The van der Waals surface area contributed by atoms with Gasteiger partial charge >= 0.3 is 0 Å². The molecule has 1 saturated heterocycles. The Hall–Kier alpha value is -0.600. The molecule has 4 nitrogen and oxygen atoms in total. The van der Waals surface area contributed by atoms with Crippen LogP contribution in [-0.4, -0.2) is 32.6 Å². The average Bonchev–Trinajstić information content (AvgIpc) is 2.36. The summed E-state index contributed by atoms with van der Waals surface area (Å²) in [4.78, 5) is 0. The average molecular weight is 273 g/mol. The van der Waals surface area contributed by atoms with Crippen LogP contribution in [0.3, 0.4) is 0 Å². The van der Waals surface area contributed by atoms with E-state index < -0.39 is 9.84 Å². The van der Waals surface area contributed by atoms with Crippen molar-refractivity contribution in [1.29, 1.82) is 5.26 Å². The number of hydrogen-bond acceptors (Lipinski definition) is 4. The molecule has 0 unspecified atom stereocenters. The van der Waals surface area contributed by atoms with Crippen molar-refractivity contribution in [2.24, 2.45) is 5.41 Å². The van der Waals surface area contributed by atoms with Crippen LogP contribution in [0.25, 0.3) is 0 Å². The number of sulfone groups is 1. The molecule has 0 aromatic heterocycles. The summed E-state index contributed by atoms with van der Waals surface area (Å²) in [6, 6.07) is 2.24. The molecule has 0 aliphatic carbocycles. The van der Waals surface area contributed by atoms with E-state index in [1.807, 2.05) is 13.8 Å². The summed E-state index contributed by atoms with van der Waals surface area (Å²) in [6.45, 7) is 4.90. The standard InChI is InChI=1S/C13H23NO3S/c1-13(2,11-14)7-3-4-10-18(15,16)12-5-8-17-9-6-12/h12H,3-10H2,1-2H3. The quantitative estimate of drug-likeness (QED) is 0.696. The van der Waals surface area contributed by atoms with Crippen molar-refractivity contribution in [2.45, 2.75) is 51.2 Å². The molecule has 0 atom stereocenters. The second-order valence-electron chi connectivity index (χ2n) is 5.63. The number of nitrogens with zero attached hydrogens (tertiary/aromatic N) is 1. The van der Waals surface area contributed by atoms with Crippen molar-refractivity contribution in [3.63, 3.8) is 0 Å². The van der Waals surface area contributed by atoms with Crippen LogP contribution in [-0.2, 0) is 14.6 Å². The number of unbranched alkanes of at least 4 members (excludes halogenated alkanes) is 1. The van der Waals surface area contributed by atoms with E-state index in [1.54, 1.807) is 0 Å². The maximum absolute atomic E-state index is 12.1. The molecule has 104 valence electrons. The first-order chi connectivity index (χ1) is 8.37. The van der Waals surface area contributed by atoms with Gasteiger partial charge < -0.3 is 4.74 Å². The Labute approximate surface area is 110 Å². The Morgan fingerprint density at radius 2 is 1.89 bits per heavy atom. The van der Waals surface area contributed by atoms with Crippen molar-refractivity contribution in [3.8, 4) is 6.07 Å². The normalized spacial score (nSPS) is 18.5. The molecule has 0 aromatic rings. The number of ether oxygens (including phenoxy) is 1. The largest absolute Gasteiger partial charge is 0.381 e. The zero-order valence-electron chi connectivity index (χ0n) is 11.3. The SMILES string of the molecule is CC(C)(C#N)CCCCS(=O)(=O)C1CCOCC1. The topological polar surface area (TPSA) is 67.2 Å². The second kappa shape index (κ2) is 6.53. The minimum atomic E-state index is -2.97. The van der Waals surface area contributed by atoms with Gasteiger partial charge in [0.2, 0.25) is 0 Å². The fourth-order valence-electron chi connectivity index (χ4n) is 2.13. The van der Waals surface area contributed by atoms with Gasteiger partial charge in [-0.1, -0.05) is 6.42 Å². The third-order valence-electron chi connectivity index (χ3n) is 3.46. The molecule has 0 spiro atoms. The summed E-state index contributed by atoms with van der Waals surface area (Å²) < 4.78 is 29.3. The van der Waals surface area contributed by atoms with Gasteiger partial charge in [-0.25, -0.2) is 8.42 Å². The zero-order valence-corrected chi connectivity index (χ0v) is 12.1. The molecule has 18 heavy (non-hydrogen) atoms. The summed E-state index contributed by atoms with van der Waals surface area (Å²) in [6.07, 6.45) is 3.47. The summed E-state index contributed by atoms with van der Waals surface area (Å²) >= 11 is 0. The van der Waals surface area contributed by atoms with Crippen LogP contribution in [0.15, 0.2) is 0 Å². The molecular weight excluding hydrogens is 250 g/mol. The maximum Gasteiger partial charge on any atom is 0.153 e. The van der Waals surface area contributed by atoms with Gasteiger partial charge in [-0.2, -0.15) is 5.26 Å². The van der Waals surface area contributed by atoms with E-state index in [0.717, 1.165) is 12.8 Å². The maximum atomic E-state index is 12.1. The first-order valence-electron chi connectivity index (χ1n) is 6.58. The number of nitriles is 1. The Morgan fingerprint density at radius 3 is 2.44 bits per heavy atom. The van der Waals surface area contributed by atoms with E-state index >= 15 is 0 Å². The van der Waals surface area contributed by atoms with Crippen molar-refractivity contribution in [1.82, 2.24) is 0 Å². The third kappa shape index (κ3) is 4.95. The van der Waals surface area contributed by atoms with E-state index in [1.165, 1.54) is 0 Å². The Morgan fingerprint density at radius 1 is 1.28 bits per heavy atom.